The van der Waals surface area contributed by atoms with E-state index in [0.29, 0.717) is 48.4 Å². The largest absolute Gasteiger partial charge is 0.618 e. The quantitative estimate of drug-likeness (QED) is 0.167. The molecule has 0 bridgehead atoms. The Kier molecular flexibility index (Phi) is 7.57. The van der Waals surface area contributed by atoms with Gasteiger partial charge in [0.15, 0.2) is 23.5 Å². The Morgan fingerprint density at radius 2 is 2.02 bits per heavy atom. The van der Waals surface area contributed by atoms with Gasteiger partial charge in [0, 0.05) is 38.8 Å². The van der Waals surface area contributed by atoms with Crippen LogP contribution in [0.3, 0.4) is 0 Å². The number of nitrogens with one attached hydrogen (secondary N) is 1. The highest BCUT2D eigenvalue weighted by Crippen LogP contribution is 2.35. The third-order valence-electron chi connectivity index (χ3n) is 7.06. The Hall–Kier alpha value is -4.41. The first-order valence-corrected chi connectivity index (χ1v) is 13.4. The molecule has 2 atom stereocenters. The van der Waals surface area contributed by atoms with E-state index in [9.17, 15) is 18.4 Å². The van der Waals surface area contributed by atoms with Crippen molar-refractivity contribution < 1.29 is 27.0 Å². The van der Waals surface area contributed by atoms with Gasteiger partial charge in [0.1, 0.15) is 12.4 Å². The van der Waals surface area contributed by atoms with Gasteiger partial charge in [-0.25, -0.2) is 18.7 Å². The predicted octanol–water partition coefficient (Wildman–Crippen LogP) is 3.34. The highest BCUT2D eigenvalue weighted by molar-refractivity contribution is 6.31. The summed E-state index contributed by atoms with van der Waals surface area (Å²) in [5.41, 5.74) is -0.552. The van der Waals surface area contributed by atoms with E-state index < -0.39 is 23.7 Å². The van der Waals surface area contributed by atoms with Crippen LogP contribution in [0.2, 0.25) is 5.02 Å². The van der Waals surface area contributed by atoms with E-state index in [2.05, 4.69) is 30.8 Å². The molecule has 1 aliphatic rings. The molecule has 0 aliphatic carbocycles. The molecule has 1 fully saturated rings. The van der Waals surface area contributed by atoms with Gasteiger partial charge in [-0.3, -0.25) is 4.68 Å². The highest BCUT2D eigenvalue weighted by Gasteiger charge is 2.35. The maximum Gasteiger partial charge on any atom is 0.436 e. The van der Waals surface area contributed by atoms with Crippen molar-refractivity contribution in [2.75, 3.05) is 19.7 Å². The predicted molar refractivity (Wildman–Crippen MR) is 143 cm³/mol. The number of alkyl halides is 3. The fourth-order valence-electron chi connectivity index (χ4n) is 4.98. The number of aryl methyl sites for hydroxylation is 1. The molecule has 5 heterocycles. The molecule has 12 nitrogen and oxygen atoms in total. The van der Waals surface area contributed by atoms with Crippen molar-refractivity contribution in [3.63, 3.8) is 0 Å². The smallest absolute Gasteiger partial charge is 0.436 e. The molecule has 0 amide bonds. The molecular weight excluding hydrogens is 596 g/mol. The van der Waals surface area contributed by atoms with Gasteiger partial charge in [-0.1, -0.05) is 16.8 Å². The SMILES string of the molecule is Cn1ncnc1-c1cnn(C(CC2CNCCO2)c2ccc(-c3c(-n4cc(C(F)(F)F)nn4)ccc(Cl)c3F)c[n+]2[O-])c1. The lowest BCUT2D eigenvalue weighted by molar-refractivity contribution is -0.615. The number of morpholine rings is 1. The van der Waals surface area contributed by atoms with Crippen LogP contribution in [-0.4, -0.2) is 65.3 Å². The van der Waals surface area contributed by atoms with Crippen molar-refractivity contribution in [1.29, 1.82) is 0 Å². The van der Waals surface area contributed by atoms with Crippen molar-refractivity contribution in [1.82, 2.24) is 44.9 Å². The van der Waals surface area contributed by atoms with Crippen LogP contribution in [0.5, 0.6) is 0 Å². The van der Waals surface area contributed by atoms with Crippen LogP contribution >= 0.6 is 11.6 Å². The molecule has 4 aromatic heterocycles. The van der Waals surface area contributed by atoms with Gasteiger partial charge in [0.05, 0.1) is 52.5 Å². The molecule has 17 heteroatoms. The van der Waals surface area contributed by atoms with Crippen molar-refractivity contribution in [3.05, 3.63) is 82.8 Å². The Morgan fingerprint density at radius 1 is 1.19 bits per heavy atom. The summed E-state index contributed by atoms with van der Waals surface area (Å²) in [6.45, 7) is 1.78. The monoisotopic (exact) mass is 618 g/mol. The summed E-state index contributed by atoms with van der Waals surface area (Å²) in [6, 6.07) is 4.88. The van der Waals surface area contributed by atoms with E-state index in [1.165, 1.54) is 30.6 Å². The fourth-order valence-corrected chi connectivity index (χ4v) is 5.14. The van der Waals surface area contributed by atoms with Gasteiger partial charge in [-0.05, 0) is 18.2 Å². The van der Waals surface area contributed by atoms with Gasteiger partial charge >= 0.3 is 6.18 Å². The molecule has 224 valence electrons. The van der Waals surface area contributed by atoms with Crippen molar-refractivity contribution in [2.24, 2.45) is 7.05 Å². The van der Waals surface area contributed by atoms with E-state index in [1.54, 1.807) is 28.8 Å². The van der Waals surface area contributed by atoms with E-state index in [4.69, 9.17) is 16.3 Å². The van der Waals surface area contributed by atoms with Gasteiger partial charge in [-0.15, -0.1) is 5.10 Å². The first kappa shape index (κ1) is 28.7. The zero-order valence-corrected chi connectivity index (χ0v) is 23.2. The van der Waals surface area contributed by atoms with Crippen LogP contribution in [0.25, 0.3) is 28.2 Å². The van der Waals surface area contributed by atoms with E-state index in [1.807, 2.05) is 0 Å². The lowest BCUT2D eigenvalue weighted by Crippen LogP contribution is -2.42. The van der Waals surface area contributed by atoms with Crippen LogP contribution in [0, 0.1) is 11.0 Å². The van der Waals surface area contributed by atoms with Gasteiger partial charge in [-0.2, -0.15) is 28.1 Å². The molecule has 43 heavy (non-hydrogen) atoms. The van der Waals surface area contributed by atoms with E-state index in [0.717, 1.165) is 10.9 Å². The molecule has 6 rings (SSSR count). The summed E-state index contributed by atoms with van der Waals surface area (Å²) in [5, 5.41) is 31.8. The summed E-state index contributed by atoms with van der Waals surface area (Å²) in [5.74, 6) is -0.355. The minimum atomic E-state index is -4.76. The summed E-state index contributed by atoms with van der Waals surface area (Å²) < 4.78 is 65.5. The van der Waals surface area contributed by atoms with Crippen LogP contribution in [0.15, 0.2) is 55.4 Å². The normalized spacial score (nSPS) is 16.5. The molecule has 1 aliphatic heterocycles. The van der Waals surface area contributed by atoms with Crippen LogP contribution < -0.4 is 10.0 Å². The van der Waals surface area contributed by atoms with Crippen molar-refractivity contribution in [2.45, 2.75) is 24.7 Å². The van der Waals surface area contributed by atoms with Gasteiger partial charge in [0.25, 0.3) is 0 Å². The molecule has 1 N–H and O–H groups in total. The fraction of sp³-hybridized carbons (Fsp3) is 0.308. The maximum atomic E-state index is 15.4. The van der Waals surface area contributed by atoms with Crippen LogP contribution in [0.4, 0.5) is 17.6 Å². The van der Waals surface area contributed by atoms with Gasteiger partial charge < -0.3 is 15.3 Å². The van der Waals surface area contributed by atoms with E-state index >= 15 is 4.39 Å². The molecule has 1 saturated heterocycles. The van der Waals surface area contributed by atoms with Crippen LogP contribution in [-0.2, 0) is 18.0 Å². The maximum absolute atomic E-state index is 15.4. The Balaban J connectivity index is 1.41. The number of nitrogens with zero attached hydrogens (tertiary/aromatic N) is 9. The van der Waals surface area contributed by atoms with E-state index in [-0.39, 0.29) is 33.6 Å². The minimum Gasteiger partial charge on any atom is -0.618 e. The standard InChI is InChI=1S/C26H23ClF4N10O2/c1-38-25(33-14-35-38)16-9-34-39(11-16)21(8-17-10-32-6-7-43-17)19-4-2-15(12-41(19)42)23-20(5-3-18(27)24(23)28)40-13-22(36-37-40)26(29,30)31/h2-5,9,11-14,17,21,32H,6-8,10H2,1H3. The summed E-state index contributed by atoms with van der Waals surface area (Å²) in [6.07, 6.45) is 1.94. The second kappa shape index (κ2) is 11.3. The number of benzene rings is 1. The highest BCUT2D eigenvalue weighted by atomic mass is 35.5. The van der Waals surface area contributed by atoms with Gasteiger partial charge in [0.2, 0.25) is 5.69 Å². The van der Waals surface area contributed by atoms with Crippen molar-refractivity contribution >= 4 is 11.6 Å². The minimum absolute atomic E-state index is 0.0624. The number of hydrogen-bond acceptors (Lipinski definition) is 8. The average molecular weight is 619 g/mol. The first-order chi connectivity index (χ1) is 20.6. The molecule has 0 spiro atoms. The lowest BCUT2D eigenvalue weighted by atomic mass is 10.0. The number of hydrogen-bond donors (Lipinski definition) is 1. The summed E-state index contributed by atoms with van der Waals surface area (Å²) >= 11 is 6.04. The Labute approximate surface area is 246 Å². The summed E-state index contributed by atoms with van der Waals surface area (Å²) in [4.78, 5) is 4.25. The number of halogens is 5. The second-order valence-electron chi connectivity index (χ2n) is 9.83. The molecule has 2 unspecified atom stereocenters. The molecule has 0 radical (unpaired) electrons. The molecular formula is C26H23ClF4N10O2. The zero-order chi connectivity index (χ0) is 30.3. The Morgan fingerprint density at radius 3 is 2.70 bits per heavy atom. The second-order valence-corrected chi connectivity index (χ2v) is 10.2. The summed E-state index contributed by atoms with van der Waals surface area (Å²) in [7, 11) is 1.75. The Bertz CT molecular complexity index is 1760. The average Bonchev–Trinajstić information content (AvgIpc) is 3.75. The molecule has 5 aromatic rings. The molecule has 1 aromatic carbocycles. The number of ether oxygens (including phenoxy) is 1. The third kappa shape index (κ3) is 5.68. The van der Waals surface area contributed by atoms with Crippen molar-refractivity contribution in [3.8, 4) is 28.2 Å². The lowest BCUT2D eigenvalue weighted by Gasteiger charge is -2.27. The number of aromatic nitrogens is 9. The zero-order valence-electron chi connectivity index (χ0n) is 22.4. The number of pyridine rings is 1. The molecule has 0 saturated carbocycles. The topological polar surface area (TPSA) is 127 Å². The first-order valence-electron chi connectivity index (χ1n) is 13.0. The number of rotatable bonds is 7. The van der Waals surface area contributed by atoms with Crippen LogP contribution in [0.1, 0.15) is 23.9 Å². The third-order valence-corrected chi connectivity index (χ3v) is 7.35.